The summed E-state index contributed by atoms with van der Waals surface area (Å²) in [6, 6.07) is 3.47. The van der Waals surface area contributed by atoms with Gasteiger partial charge in [-0.15, -0.1) is 0 Å². The van der Waals surface area contributed by atoms with E-state index in [9.17, 15) is 18.0 Å². The van der Waals surface area contributed by atoms with Crippen LogP contribution in [0.25, 0.3) is 0 Å². The summed E-state index contributed by atoms with van der Waals surface area (Å²) in [4.78, 5) is 16.0. The van der Waals surface area contributed by atoms with Crippen LogP contribution in [0.2, 0.25) is 0 Å². The van der Waals surface area contributed by atoms with Crippen molar-refractivity contribution in [2.24, 2.45) is 0 Å². The smallest absolute Gasteiger partial charge is 0.336 e. The SMILES string of the molecule is CN1CCN(C(=O)c2cc(I)cc(C(F)(F)F)c2)CC1. The number of carbonyl (C=O) groups excluding carboxylic acids is 1. The summed E-state index contributed by atoms with van der Waals surface area (Å²) in [7, 11) is 1.95. The maximum Gasteiger partial charge on any atom is 0.416 e. The summed E-state index contributed by atoms with van der Waals surface area (Å²) >= 11 is 1.80. The zero-order valence-corrected chi connectivity index (χ0v) is 13.0. The zero-order chi connectivity index (χ0) is 14.9. The first kappa shape index (κ1) is 15.6. The normalized spacial score (nSPS) is 17.4. The quantitative estimate of drug-likeness (QED) is 0.680. The summed E-state index contributed by atoms with van der Waals surface area (Å²) in [5.41, 5.74) is -0.671. The average Bonchev–Trinajstić information content (AvgIpc) is 2.37. The van der Waals surface area contributed by atoms with E-state index in [0.717, 1.165) is 25.2 Å². The lowest BCUT2D eigenvalue weighted by Gasteiger charge is -2.32. The van der Waals surface area contributed by atoms with Gasteiger partial charge in [-0.1, -0.05) is 0 Å². The van der Waals surface area contributed by atoms with Crippen LogP contribution in [0.4, 0.5) is 13.2 Å². The Bertz CT molecular complexity index is 511. The Morgan fingerprint density at radius 2 is 1.75 bits per heavy atom. The van der Waals surface area contributed by atoms with E-state index in [-0.39, 0.29) is 11.5 Å². The van der Waals surface area contributed by atoms with Crippen molar-refractivity contribution in [3.8, 4) is 0 Å². The second-order valence-corrected chi connectivity index (χ2v) is 6.07. The van der Waals surface area contributed by atoms with Crippen LogP contribution in [0, 0.1) is 3.57 Å². The third-order valence-corrected chi connectivity index (χ3v) is 3.89. The molecule has 1 aromatic carbocycles. The lowest BCUT2D eigenvalue weighted by Crippen LogP contribution is -2.47. The van der Waals surface area contributed by atoms with Crippen molar-refractivity contribution in [2.45, 2.75) is 6.18 Å². The largest absolute Gasteiger partial charge is 0.416 e. The van der Waals surface area contributed by atoms with Gasteiger partial charge >= 0.3 is 6.18 Å². The number of carbonyl (C=O) groups is 1. The van der Waals surface area contributed by atoms with Gasteiger partial charge in [0.15, 0.2) is 0 Å². The third kappa shape index (κ3) is 3.63. The Morgan fingerprint density at radius 3 is 2.30 bits per heavy atom. The number of hydrogen-bond donors (Lipinski definition) is 0. The molecule has 0 radical (unpaired) electrons. The van der Waals surface area contributed by atoms with Crippen LogP contribution in [-0.4, -0.2) is 48.9 Å². The minimum atomic E-state index is -4.43. The van der Waals surface area contributed by atoms with Gasteiger partial charge in [-0.3, -0.25) is 4.79 Å². The summed E-state index contributed by atoms with van der Waals surface area (Å²) in [6.07, 6.45) is -4.43. The lowest BCUT2D eigenvalue weighted by molar-refractivity contribution is -0.137. The lowest BCUT2D eigenvalue weighted by atomic mass is 10.1. The molecule has 20 heavy (non-hydrogen) atoms. The van der Waals surface area contributed by atoms with E-state index < -0.39 is 11.7 Å². The molecule has 0 saturated carbocycles. The van der Waals surface area contributed by atoms with Gasteiger partial charge in [0.05, 0.1) is 5.56 Å². The first-order chi connectivity index (χ1) is 9.27. The molecule has 0 spiro atoms. The number of amides is 1. The molecule has 1 saturated heterocycles. The minimum Gasteiger partial charge on any atom is -0.336 e. The van der Waals surface area contributed by atoms with Crippen molar-refractivity contribution in [1.29, 1.82) is 0 Å². The Hall–Kier alpha value is -0.830. The fourth-order valence-corrected chi connectivity index (χ4v) is 2.74. The topological polar surface area (TPSA) is 23.6 Å². The molecule has 1 aliphatic rings. The Kier molecular flexibility index (Phi) is 4.58. The summed E-state index contributed by atoms with van der Waals surface area (Å²) < 4.78 is 38.7. The molecule has 0 atom stereocenters. The molecule has 0 aromatic heterocycles. The number of piperazine rings is 1. The molecule has 7 heteroatoms. The molecule has 1 aromatic rings. The van der Waals surface area contributed by atoms with Crippen LogP contribution in [0.5, 0.6) is 0 Å². The number of hydrogen-bond acceptors (Lipinski definition) is 2. The predicted octanol–water partition coefficient (Wildman–Crippen LogP) is 2.70. The number of nitrogens with zero attached hydrogens (tertiary/aromatic N) is 2. The van der Waals surface area contributed by atoms with E-state index in [1.807, 2.05) is 7.05 Å². The first-order valence-electron chi connectivity index (χ1n) is 6.13. The average molecular weight is 398 g/mol. The number of likely N-dealkylation sites (N-methyl/N-ethyl adjacent to an activating group) is 1. The predicted molar refractivity (Wildman–Crippen MR) is 77.6 cm³/mol. The van der Waals surface area contributed by atoms with Crippen molar-refractivity contribution < 1.29 is 18.0 Å². The third-order valence-electron chi connectivity index (χ3n) is 3.26. The molecule has 1 aliphatic heterocycles. The molecule has 0 bridgehead atoms. The number of rotatable bonds is 1. The highest BCUT2D eigenvalue weighted by Gasteiger charge is 2.32. The molecule has 0 aliphatic carbocycles. The van der Waals surface area contributed by atoms with Gasteiger partial charge in [0.1, 0.15) is 0 Å². The van der Waals surface area contributed by atoms with Crippen LogP contribution in [0.1, 0.15) is 15.9 Å². The molecule has 2 rings (SSSR count). The van der Waals surface area contributed by atoms with Gasteiger partial charge in [0, 0.05) is 35.3 Å². The zero-order valence-electron chi connectivity index (χ0n) is 10.9. The van der Waals surface area contributed by atoms with Gasteiger partial charge in [-0.2, -0.15) is 13.2 Å². The van der Waals surface area contributed by atoms with E-state index in [4.69, 9.17) is 0 Å². The number of alkyl halides is 3. The molecule has 1 fully saturated rings. The summed E-state index contributed by atoms with van der Waals surface area (Å²) in [5.74, 6) is -0.331. The van der Waals surface area contributed by atoms with Crippen molar-refractivity contribution in [3.05, 3.63) is 32.9 Å². The first-order valence-corrected chi connectivity index (χ1v) is 7.21. The number of halogens is 4. The second kappa shape index (κ2) is 5.88. The molecular weight excluding hydrogens is 384 g/mol. The highest BCUT2D eigenvalue weighted by atomic mass is 127. The molecule has 3 nitrogen and oxygen atoms in total. The minimum absolute atomic E-state index is 0.105. The van der Waals surface area contributed by atoms with E-state index in [1.165, 1.54) is 6.07 Å². The van der Waals surface area contributed by atoms with Crippen LogP contribution in [-0.2, 0) is 6.18 Å². The van der Waals surface area contributed by atoms with Gasteiger partial charge in [-0.25, -0.2) is 0 Å². The van der Waals surface area contributed by atoms with E-state index >= 15 is 0 Å². The van der Waals surface area contributed by atoms with Crippen LogP contribution in [0.3, 0.4) is 0 Å². The molecular formula is C13H14F3IN2O. The van der Waals surface area contributed by atoms with Gasteiger partial charge in [-0.05, 0) is 47.8 Å². The Labute approximate surface area is 128 Å². The summed E-state index contributed by atoms with van der Waals surface area (Å²) in [6.45, 7) is 2.56. The van der Waals surface area contributed by atoms with Crippen molar-refractivity contribution >= 4 is 28.5 Å². The highest BCUT2D eigenvalue weighted by Crippen LogP contribution is 2.31. The number of benzene rings is 1. The van der Waals surface area contributed by atoms with E-state index in [0.29, 0.717) is 16.7 Å². The highest BCUT2D eigenvalue weighted by molar-refractivity contribution is 14.1. The van der Waals surface area contributed by atoms with Crippen LogP contribution < -0.4 is 0 Å². The molecule has 1 heterocycles. The fraction of sp³-hybridized carbons (Fsp3) is 0.462. The van der Waals surface area contributed by atoms with Crippen molar-refractivity contribution in [1.82, 2.24) is 9.80 Å². The summed E-state index contributed by atoms with van der Waals surface area (Å²) in [5, 5.41) is 0. The molecule has 1 amide bonds. The Morgan fingerprint density at radius 1 is 1.15 bits per heavy atom. The van der Waals surface area contributed by atoms with Crippen LogP contribution in [0.15, 0.2) is 18.2 Å². The molecule has 110 valence electrons. The molecule has 0 unspecified atom stereocenters. The second-order valence-electron chi connectivity index (χ2n) is 4.82. The Balaban J connectivity index is 2.24. The van der Waals surface area contributed by atoms with Gasteiger partial charge in [0.2, 0.25) is 0 Å². The van der Waals surface area contributed by atoms with Gasteiger partial charge < -0.3 is 9.80 Å². The van der Waals surface area contributed by atoms with Crippen LogP contribution >= 0.6 is 22.6 Å². The molecule has 0 N–H and O–H groups in total. The maximum absolute atomic E-state index is 12.8. The van der Waals surface area contributed by atoms with E-state index in [1.54, 1.807) is 27.5 Å². The van der Waals surface area contributed by atoms with Crippen molar-refractivity contribution in [2.75, 3.05) is 33.2 Å². The monoisotopic (exact) mass is 398 g/mol. The standard InChI is InChI=1S/C13H14F3IN2O/c1-18-2-4-19(5-3-18)12(20)9-6-10(13(14,15)16)8-11(17)7-9/h6-8H,2-5H2,1H3. The van der Waals surface area contributed by atoms with Gasteiger partial charge in [0.25, 0.3) is 5.91 Å². The maximum atomic E-state index is 12.8. The van der Waals surface area contributed by atoms with E-state index in [2.05, 4.69) is 4.90 Å². The van der Waals surface area contributed by atoms with Crippen molar-refractivity contribution in [3.63, 3.8) is 0 Å². The fourth-order valence-electron chi connectivity index (χ4n) is 2.07.